The summed E-state index contributed by atoms with van der Waals surface area (Å²) in [5.74, 6) is -1.01. The number of hydrogen-bond acceptors (Lipinski definition) is 4. The largest absolute Gasteiger partial charge is 0.419 e. The van der Waals surface area contributed by atoms with Gasteiger partial charge in [-0.05, 0) is 26.3 Å². The first-order valence-corrected chi connectivity index (χ1v) is 7.11. The highest BCUT2D eigenvalue weighted by Gasteiger charge is 2.39. The maximum Gasteiger partial charge on any atom is 0.317 e. The summed E-state index contributed by atoms with van der Waals surface area (Å²) in [6.45, 7) is 8.04. The molecule has 1 aliphatic heterocycles. The van der Waals surface area contributed by atoms with E-state index in [1.807, 2.05) is 27.7 Å². The smallest absolute Gasteiger partial charge is 0.317 e. The second-order valence-electron chi connectivity index (χ2n) is 5.20. The Kier molecular flexibility index (Phi) is 4.26. The lowest BCUT2D eigenvalue weighted by Crippen LogP contribution is -2.28. The molecule has 0 N–H and O–H groups in total. The summed E-state index contributed by atoms with van der Waals surface area (Å²) >= 11 is 0. The molecular formula is C11H20O4Si. The maximum absolute atomic E-state index is 11.4. The number of carbonyl (C=O) groups is 2. The van der Waals surface area contributed by atoms with Crippen LogP contribution in [0.15, 0.2) is 0 Å². The standard InChI is InChI=1S/C11H20O4Si/c1-5-8(16-15-11(2,3)4)7-6-9(12)14-10(7)13/h7-8H,5-6,16H2,1-4H3. The Labute approximate surface area is 98.6 Å². The molecule has 0 saturated carbocycles. The van der Waals surface area contributed by atoms with E-state index < -0.39 is 15.7 Å². The monoisotopic (exact) mass is 244 g/mol. The van der Waals surface area contributed by atoms with Crippen LogP contribution in [0.3, 0.4) is 0 Å². The topological polar surface area (TPSA) is 52.6 Å². The van der Waals surface area contributed by atoms with Gasteiger partial charge in [-0.25, -0.2) is 0 Å². The number of esters is 2. The van der Waals surface area contributed by atoms with Crippen molar-refractivity contribution in [3.05, 3.63) is 0 Å². The molecule has 2 unspecified atom stereocenters. The van der Waals surface area contributed by atoms with E-state index >= 15 is 0 Å². The lowest BCUT2D eigenvalue weighted by atomic mass is 10.0. The van der Waals surface area contributed by atoms with Crippen LogP contribution in [-0.4, -0.2) is 27.3 Å². The second kappa shape index (κ2) is 5.10. The minimum absolute atomic E-state index is 0.161. The van der Waals surface area contributed by atoms with Gasteiger partial charge in [0.1, 0.15) is 0 Å². The van der Waals surface area contributed by atoms with Crippen LogP contribution < -0.4 is 0 Å². The number of ether oxygens (including phenoxy) is 1. The molecule has 1 heterocycles. The molecule has 16 heavy (non-hydrogen) atoms. The first-order chi connectivity index (χ1) is 7.33. The molecule has 0 aromatic rings. The van der Waals surface area contributed by atoms with Gasteiger partial charge in [-0.2, -0.15) is 0 Å². The highest BCUT2D eigenvalue weighted by atomic mass is 28.2. The molecule has 0 amide bonds. The first kappa shape index (κ1) is 13.4. The SMILES string of the molecule is CCC([SiH2]OC(C)(C)C)C1CC(=O)OC1=O. The lowest BCUT2D eigenvalue weighted by molar-refractivity contribution is -0.153. The van der Waals surface area contributed by atoms with Crippen molar-refractivity contribution in [2.75, 3.05) is 0 Å². The highest BCUT2D eigenvalue weighted by molar-refractivity contribution is 6.31. The molecule has 0 spiro atoms. The molecule has 0 aromatic carbocycles. The third kappa shape index (κ3) is 3.72. The number of cyclic esters (lactones) is 2. The van der Waals surface area contributed by atoms with Crippen LogP contribution in [0.1, 0.15) is 40.5 Å². The van der Waals surface area contributed by atoms with E-state index in [0.29, 0.717) is 0 Å². The number of rotatable bonds is 4. The van der Waals surface area contributed by atoms with Crippen molar-refractivity contribution in [1.82, 2.24) is 0 Å². The van der Waals surface area contributed by atoms with E-state index in [1.54, 1.807) is 0 Å². The molecule has 4 nitrogen and oxygen atoms in total. The fourth-order valence-corrected chi connectivity index (χ4v) is 3.27. The molecule has 1 aliphatic rings. The van der Waals surface area contributed by atoms with Crippen molar-refractivity contribution in [3.63, 3.8) is 0 Å². The quantitative estimate of drug-likeness (QED) is 0.423. The van der Waals surface area contributed by atoms with Crippen LogP contribution in [0.25, 0.3) is 0 Å². The van der Waals surface area contributed by atoms with E-state index in [4.69, 9.17) is 4.43 Å². The van der Waals surface area contributed by atoms with E-state index in [-0.39, 0.29) is 29.5 Å². The molecule has 0 radical (unpaired) electrons. The minimum Gasteiger partial charge on any atom is -0.419 e. The molecule has 2 atom stereocenters. The molecule has 0 aromatic heterocycles. The lowest BCUT2D eigenvalue weighted by Gasteiger charge is -2.25. The van der Waals surface area contributed by atoms with Crippen LogP contribution in [0.4, 0.5) is 0 Å². The predicted octanol–water partition coefficient (Wildman–Crippen LogP) is 1.17. The fourth-order valence-electron chi connectivity index (χ4n) is 1.73. The Hall–Kier alpha value is -0.683. The van der Waals surface area contributed by atoms with Crippen molar-refractivity contribution in [2.24, 2.45) is 5.92 Å². The zero-order chi connectivity index (χ0) is 12.3. The third-order valence-electron chi connectivity index (χ3n) is 2.73. The zero-order valence-electron chi connectivity index (χ0n) is 10.4. The summed E-state index contributed by atoms with van der Waals surface area (Å²) in [6.07, 6.45) is 1.10. The van der Waals surface area contributed by atoms with E-state index in [9.17, 15) is 9.59 Å². The number of hydrogen-bond donors (Lipinski definition) is 0. The minimum atomic E-state index is -0.816. The van der Waals surface area contributed by atoms with Crippen LogP contribution in [-0.2, 0) is 18.8 Å². The van der Waals surface area contributed by atoms with E-state index in [0.717, 1.165) is 6.42 Å². The summed E-state index contributed by atoms with van der Waals surface area (Å²) in [4.78, 5) is 22.5. The maximum atomic E-state index is 11.4. The average Bonchev–Trinajstić information content (AvgIpc) is 2.45. The normalized spacial score (nSPS) is 24.1. The van der Waals surface area contributed by atoms with Crippen LogP contribution >= 0.6 is 0 Å². The number of carbonyl (C=O) groups excluding carboxylic acids is 2. The van der Waals surface area contributed by atoms with Crippen molar-refractivity contribution in [1.29, 1.82) is 0 Å². The average molecular weight is 244 g/mol. The molecular weight excluding hydrogens is 224 g/mol. The fraction of sp³-hybridized carbons (Fsp3) is 0.818. The predicted molar refractivity (Wildman–Crippen MR) is 62.6 cm³/mol. The molecule has 1 fully saturated rings. The van der Waals surface area contributed by atoms with Gasteiger partial charge in [0.25, 0.3) is 0 Å². The Balaban J connectivity index is 2.54. The Morgan fingerprint density at radius 2 is 2.12 bits per heavy atom. The van der Waals surface area contributed by atoms with Gasteiger partial charge in [0.2, 0.25) is 0 Å². The van der Waals surface area contributed by atoms with Gasteiger partial charge in [-0.3, -0.25) is 9.59 Å². The van der Waals surface area contributed by atoms with Crippen molar-refractivity contribution in [3.8, 4) is 0 Å². The Morgan fingerprint density at radius 1 is 1.50 bits per heavy atom. The van der Waals surface area contributed by atoms with Crippen molar-refractivity contribution in [2.45, 2.75) is 51.7 Å². The van der Waals surface area contributed by atoms with Gasteiger partial charge in [-0.1, -0.05) is 13.3 Å². The summed E-state index contributed by atoms with van der Waals surface area (Å²) in [6, 6.07) is 0. The van der Waals surface area contributed by atoms with E-state index in [2.05, 4.69) is 4.74 Å². The molecule has 1 rings (SSSR count). The summed E-state index contributed by atoms with van der Waals surface area (Å²) in [7, 11) is -0.816. The summed E-state index contributed by atoms with van der Waals surface area (Å²) in [5.41, 5.74) is 0.0461. The van der Waals surface area contributed by atoms with Gasteiger partial charge in [-0.15, -0.1) is 0 Å². The summed E-state index contributed by atoms with van der Waals surface area (Å²) in [5, 5.41) is 0. The van der Waals surface area contributed by atoms with Crippen molar-refractivity contribution < 1.29 is 18.8 Å². The van der Waals surface area contributed by atoms with Gasteiger partial charge in [0, 0.05) is 5.60 Å². The van der Waals surface area contributed by atoms with Gasteiger partial charge in [0.15, 0.2) is 9.76 Å². The van der Waals surface area contributed by atoms with Gasteiger partial charge < -0.3 is 9.16 Å². The van der Waals surface area contributed by atoms with Crippen LogP contribution in [0.2, 0.25) is 5.54 Å². The second-order valence-corrected chi connectivity index (χ2v) is 6.87. The summed E-state index contributed by atoms with van der Waals surface area (Å²) < 4.78 is 10.4. The molecule has 0 bridgehead atoms. The first-order valence-electron chi connectivity index (χ1n) is 5.72. The van der Waals surface area contributed by atoms with E-state index in [1.165, 1.54) is 0 Å². The van der Waals surface area contributed by atoms with Gasteiger partial charge >= 0.3 is 11.9 Å². The third-order valence-corrected chi connectivity index (χ3v) is 5.33. The van der Waals surface area contributed by atoms with Crippen molar-refractivity contribution >= 4 is 21.7 Å². The van der Waals surface area contributed by atoms with Crippen LogP contribution in [0.5, 0.6) is 0 Å². The molecule has 0 aliphatic carbocycles. The molecule has 5 heteroatoms. The van der Waals surface area contributed by atoms with Crippen LogP contribution in [0, 0.1) is 5.92 Å². The zero-order valence-corrected chi connectivity index (χ0v) is 11.8. The molecule has 92 valence electrons. The Morgan fingerprint density at radius 3 is 2.50 bits per heavy atom. The molecule has 1 saturated heterocycles. The Bertz CT molecular complexity index is 282. The highest BCUT2D eigenvalue weighted by Crippen LogP contribution is 2.31. The van der Waals surface area contributed by atoms with Gasteiger partial charge in [0.05, 0.1) is 12.3 Å².